The zero-order valence-electron chi connectivity index (χ0n) is 26.2. The molecule has 45 heavy (non-hydrogen) atoms. The molecule has 5 rings (SSSR count). The second-order valence-electron chi connectivity index (χ2n) is 11.8. The highest BCUT2D eigenvalue weighted by Crippen LogP contribution is 2.44. The Bertz CT molecular complexity index is 1450. The summed E-state index contributed by atoms with van der Waals surface area (Å²) in [5.74, 6) is -0.759. The molecule has 0 N–H and O–H groups in total. The first-order valence-electron chi connectivity index (χ1n) is 16.0. The predicted octanol–water partition coefficient (Wildman–Crippen LogP) is 7.36. The number of nitrogens with zero attached hydrogens (tertiary/aromatic N) is 4. The van der Waals surface area contributed by atoms with E-state index in [4.69, 9.17) is 14.6 Å². The number of hydrogen-bond acceptors (Lipinski definition) is 7. The maximum atomic E-state index is 13.2. The first kappa shape index (κ1) is 31.8. The van der Waals surface area contributed by atoms with Crippen molar-refractivity contribution in [3.8, 4) is 0 Å². The molecule has 1 fully saturated rings. The summed E-state index contributed by atoms with van der Waals surface area (Å²) in [4.78, 5) is 27.4. The number of carbonyl (C=O) groups is 2. The number of carbonyl (C=O) groups excluding carboxylic acids is 2. The van der Waals surface area contributed by atoms with E-state index >= 15 is 0 Å². The fourth-order valence-corrected chi connectivity index (χ4v) is 5.75. The zero-order chi connectivity index (χ0) is 31.6. The summed E-state index contributed by atoms with van der Waals surface area (Å²) in [6, 6.07) is 30.2. The maximum Gasteiger partial charge on any atom is 0.334 e. The SMILES string of the molecule is C=C(CC(=O)O[C@@H](C)CCCCCC)C(=O)OC(c1nnn(C(c2ccccc2)(c2ccccc2)c2ccccc2)n1)C1CC1. The molecule has 1 saturated carbocycles. The Hall–Kier alpha value is -4.59. The van der Waals surface area contributed by atoms with Gasteiger partial charge in [0.1, 0.15) is 0 Å². The van der Waals surface area contributed by atoms with Crippen LogP contribution in [0.4, 0.5) is 0 Å². The highest BCUT2D eigenvalue weighted by molar-refractivity contribution is 5.93. The number of ether oxygens (including phenoxy) is 2. The van der Waals surface area contributed by atoms with Crippen LogP contribution >= 0.6 is 0 Å². The Labute approximate surface area is 265 Å². The zero-order valence-corrected chi connectivity index (χ0v) is 26.2. The van der Waals surface area contributed by atoms with Crippen LogP contribution in [-0.2, 0) is 24.6 Å². The van der Waals surface area contributed by atoms with Gasteiger partial charge in [-0.1, -0.05) is 124 Å². The second kappa shape index (κ2) is 14.9. The molecule has 0 amide bonds. The minimum absolute atomic E-state index is 0.0448. The molecule has 3 aromatic carbocycles. The normalized spacial score (nSPS) is 14.4. The van der Waals surface area contributed by atoms with Crippen LogP contribution in [0.5, 0.6) is 0 Å². The number of benzene rings is 3. The average Bonchev–Trinajstić information content (AvgIpc) is 3.80. The van der Waals surface area contributed by atoms with Gasteiger partial charge in [0.05, 0.1) is 12.5 Å². The Morgan fingerprint density at radius 3 is 1.93 bits per heavy atom. The second-order valence-corrected chi connectivity index (χ2v) is 11.8. The van der Waals surface area contributed by atoms with E-state index < -0.39 is 23.6 Å². The monoisotopic (exact) mass is 606 g/mol. The number of unbranched alkanes of at least 4 members (excludes halogenated alkanes) is 3. The van der Waals surface area contributed by atoms with E-state index in [-0.39, 0.29) is 24.0 Å². The quantitative estimate of drug-likeness (QED) is 0.0569. The van der Waals surface area contributed by atoms with Crippen molar-refractivity contribution in [2.24, 2.45) is 5.92 Å². The van der Waals surface area contributed by atoms with E-state index in [1.165, 1.54) is 6.42 Å². The lowest BCUT2D eigenvalue weighted by molar-refractivity contribution is -0.152. The summed E-state index contributed by atoms with van der Waals surface area (Å²) in [6.45, 7) is 7.88. The van der Waals surface area contributed by atoms with Crippen LogP contribution in [0.25, 0.3) is 0 Å². The van der Waals surface area contributed by atoms with Crippen LogP contribution < -0.4 is 0 Å². The fraction of sp³-hybridized carbons (Fsp3) is 0.378. The van der Waals surface area contributed by atoms with Gasteiger partial charge >= 0.3 is 11.9 Å². The summed E-state index contributed by atoms with van der Waals surface area (Å²) >= 11 is 0. The van der Waals surface area contributed by atoms with Gasteiger partial charge in [0, 0.05) is 11.5 Å². The molecule has 234 valence electrons. The number of esters is 2. The number of hydrogen-bond donors (Lipinski definition) is 0. The molecule has 0 saturated heterocycles. The molecule has 8 heteroatoms. The first-order valence-corrected chi connectivity index (χ1v) is 16.0. The van der Waals surface area contributed by atoms with E-state index in [0.717, 1.165) is 55.2 Å². The van der Waals surface area contributed by atoms with E-state index in [0.29, 0.717) is 5.82 Å². The third kappa shape index (κ3) is 7.56. The van der Waals surface area contributed by atoms with Crippen LogP contribution in [0.2, 0.25) is 0 Å². The standard InChI is InChI=1S/C37H42N4O4/c1-4-5-6-10-17-28(3)44-33(42)26-27(2)36(43)45-34(29-24-25-29)35-38-40-41(39-35)37(30-18-11-7-12-19-30,31-20-13-8-14-21-31)32-22-15-9-16-23-32/h7-9,11-16,18-23,28-29,34H,2,4-6,10,17,24-26H2,1,3H3/t28-,34?/m0/s1. The molecule has 1 heterocycles. The Morgan fingerprint density at radius 1 is 0.867 bits per heavy atom. The van der Waals surface area contributed by atoms with E-state index in [2.05, 4.69) is 60.2 Å². The molecule has 2 atom stereocenters. The fourth-order valence-electron chi connectivity index (χ4n) is 5.75. The van der Waals surface area contributed by atoms with Crippen molar-refractivity contribution in [2.75, 3.05) is 0 Å². The molecule has 1 unspecified atom stereocenters. The van der Waals surface area contributed by atoms with Crippen molar-refractivity contribution in [3.05, 3.63) is 126 Å². The molecule has 0 spiro atoms. The van der Waals surface area contributed by atoms with Gasteiger partial charge in [0.25, 0.3) is 0 Å². The Balaban J connectivity index is 1.38. The molecule has 0 radical (unpaired) electrons. The molecular formula is C37H42N4O4. The minimum atomic E-state index is -0.937. The molecular weight excluding hydrogens is 564 g/mol. The van der Waals surface area contributed by atoms with Crippen molar-refractivity contribution in [1.82, 2.24) is 20.2 Å². The summed E-state index contributed by atoms with van der Waals surface area (Å²) in [6.07, 6.45) is 5.82. The van der Waals surface area contributed by atoms with Gasteiger partial charge in [-0.05, 0) is 54.5 Å². The van der Waals surface area contributed by atoms with Gasteiger partial charge in [-0.3, -0.25) is 4.79 Å². The Kier molecular flexibility index (Phi) is 10.6. The highest BCUT2D eigenvalue weighted by atomic mass is 16.6. The van der Waals surface area contributed by atoms with Crippen LogP contribution in [0.15, 0.2) is 103 Å². The predicted molar refractivity (Wildman–Crippen MR) is 172 cm³/mol. The van der Waals surface area contributed by atoms with Gasteiger partial charge in [0.2, 0.25) is 5.82 Å². The smallest absolute Gasteiger partial charge is 0.334 e. The lowest BCUT2D eigenvalue weighted by Crippen LogP contribution is -2.39. The van der Waals surface area contributed by atoms with Crippen LogP contribution in [0, 0.1) is 5.92 Å². The summed E-state index contributed by atoms with van der Waals surface area (Å²) in [7, 11) is 0. The van der Waals surface area contributed by atoms with Crippen LogP contribution in [0.3, 0.4) is 0 Å². The Morgan fingerprint density at radius 2 is 1.42 bits per heavy atom. The average molecular weight is 607 g/mol. The van der Waals surface area contributed by atoms with E-state index in [1.54, 1.807) is 4.80 Å². The summed E-state index contributed by atoms with van der Waals surface area (Å²) in [5, 5.41) is 14.0. The van der Waals surface area contributed by atoms with Gasteiger partial charge in [0.15, 0.2) is 11.6 Å². The summed E-state index contributed by atoms with van der Waals surface area (Å²) in [5.41, 5.74) is 1.98. The van der Waals surface area contributed by atoms with Crippen molar-refractivity contribution >= 4 is 11.9 Å². The lowest BCUT2D eigenvalue weighted by Gasteiger charge is -2.34. The molecule has 4 aromatic rings. The molecule has 8 nitrogen and oxygen atoms in total. The molecule has 1 aliphatic carbocycles. The minimum Gasteiger partial charge on any atom is -0.462 e. The lowest BCUT2D eigenvalue weighted by atomic mass is 9.77. The van der Waals surface area contributed by atoms with Gasteiger partial charge < -0.3 is 9.47 Å². The number of tetrazole rings is 1. The highest BCUT2D eigenvalue weighted by Gasteiger charge is 2.44. The summed E-state index contributed by atoms with van der Waals surface area (Å²) < 4.78 is 11.5. The van der Waals surface area contributed by atoms with Gasteiger partial charge in [-0.2, -0.15) is 0 Å². The number of rotatable bonds is 16. The van der Waals surface area contributed by atoms with Crippen molar-refractivity contribution < 1.29 is 19.1 Å². The topological polar surface area (TPSA) is 96.2 Å². The molecule has 1 aliphatic rings. The molecule has 0 bridgehead atoms. The first-order chi connectivity index (χ1) is 21.9. The molecule has 1 aromatic heterocycles. The van der Waals surface area contributed by atoms with Crippen LogP contribution in [0.1, 0.15) is 93.8 Å². The van der Waals surface area contributed by atoms with E-state index in [1.807, 2.05) is 61.5 Å². The number of aromatic nitrogens is 4. The van der Waals surface area contributed by atoms with Crippen LogP contribution in [-0.4, -0.2) is 38.2 Å². The van der Waals surface area contributed by atoms with Crippen molar-refractivity contribution in [3.63, 3.8) is 0 Å². The molecule has 0 aliphatic heterocycles. The van der Waals surface area contributed by atoms with Crippen molar-refractivity contribution in [2.45, 2.75) is 83.0 Å². The van der Waals surface area contributed by atoms with Gasteiger partial charge in [-0.15, -0.1) is 15.0 Å². The van der Waals surface area contributed by atoms with Crippen molar-refractivity contribution in [1.29, 1.82) is 0 Å². The van der Waals surface area contributed by atoms with E-state index in [9.17, 15) is 9.59 Å². The maximum absolute atomic E-state index is 13.2. The van der Waals surface area contributed by atoms with Gasteiger partial charge in [-0.25, -0.2) is 4.79 Å². The third-order valence-corrected chi connectivity index (χ3v) is 8.29. The third-order valence-electron chi connectivity index (χ3n) is 8.29. The largest absolute Gasteiger partial charge is 0.462 e.